The van der Waals surface area contributed by atoms with Gasteiger partial charge in [0.25, 0.3) is 6.43 Å². The highest BCUT2D eigenvalue weighted by atomic mass is 19.3. The van der Waals surface area contributed by atoms with Gasteiger partial charge in [-0.3, -0.25) is 4.79 Å². The van der Waals surface area contributed by atoms with Gasteiger partial charge >= 0.3 is 0 Å². The van der Waals surface area contributed by atoms with E-state index in [-0.39, 0.29) is 11.8 Å². The molecular formula is C8H4F2N2O2. The normalized spacial score (nSPS) is 9.86. The smallest absolute Gasteiger partial charge is 0.284 e. The maximum Gasteiger partial charge on any atom is 0.284 e. The fraction of sp³-hybridized carbons (Fsp3) is 0.125. The maximum atomic E-state index is 12.2. The Morgan fingerprint density at radius 2 is 2.29 bits per heavy atom. The molecule has 0 saturated heterocycles. The molecule has 6 heteroatoms. The van der Waals surface area contributed by atoms with Gasteiger partial charge in [-0.25, -0.2) is 13.8 Å². The summed E-state index contributed by atoms with van der Waals surface area (Å²) in [6.07, 6.45) is -2.02. The van der Waals surface area contributed by atoms with Crippen LogP contribution < -0.4 is 0 Å². The van der Waals surface area contributed by atoms with Gasteiger partial charge in [-0.1, -0.05) is 0 Å². The third kappa shape index (κ3) is 1.52. The van der Waals surface area contributed by atoms with Gasteiger partial charge < -0.3 is 5.11 Å². The zero-order chi connectivity index (χ0) is 10.7. The van der Waals surface area contributed by atoms with Crippen molar-refractivity contribution in [1.29, 1.82) is 5.26 Å². The van der Waals surface area contributed by atoms with Crippen LogP contribution in [-0.2, 0) is 0 Å². The molecule has 4 nitrogen and oxygen atoms in total. The molecule has 0 spiro atoms. The molecule has 0 bridgehead atoms. The zero-order valence-corrected chi connectivity index (χ0v) is 6.74. The number of nitrogens with zero attached hydrogens (tertiary/aromatic N) is 2. The summed E-state index contributed by atoms with van der Waals surface area (Å²) < 4.78 is 24.3. The van der Waals surface area contributed by atoms with Crippen LogP contribution >= 0.6 is 0 Å². The van der Waals surface area contributed by atoms with Crippen LogP contribution in [0.2, 0.25) is 0 Å². The number of aldehydes is 1. The lowest BCUT2D eigenvalue weighted by atomic mass is 10.1. The topological polar surface area (TPSA) is 74.0 Å². The van der Waals surface area contributed by atoms with E-state index in [0.29, 0.717) is 0 Å². The molecule has 1 heterocycles. The molecule has 0 aliphatic heterocycles. The van der Waals surface area contributed by atoms with Gasteiger partial charge in [0.05, 0.1) is 11.1 Å². The Morgan fingerprint density at radius 3 is 2.71 bits per heavy atom. The molecule has 0 atom stereocenters. The number of aromatic nitrogens is 1. The van der Waals surface area contributed by atoms with Gasteiger partial charge in [-0.2, -0.15) is 5.26 Å². The molecule has 1 N–H and O–H groups in total. The van der Waals surface area contributed by atoms with Crippen LogP contribution in [0.3, 0.4) is 0 Å². The Morgan fingerprint density at radius 1 is 1.64 bits per heavy atom. The van der Waals surface area contributed by atoms with Gasteiger partial charge in [0.2, 0.25) is 0 Å². The van der Waals surface area contributed by atoms with Gasteiger partial charge in [0, 0.05) is 6.20 Å². The molecule has 1 aromatic rings. The van der Waals surface area contributed by atoms with Crippen LogP contribution in [0.5, 0.6) is 5.75 Å². The fourth-order valence-electron chi connectivity index (χ4n) is 0.898. The minimum atomic E-state index is -2.98. The maximum absolute atomic E-state index is 12.2. The number of hydrogen-bond acceptors (Lipinski definition) is 4. The zero-order valence-electron chi connectivity index (χ0n) is 6.74. The van der Waals surface area contributed by atoms with Gasteiger partial charge in [0.1, 0.15) is 11.8 Å². The summed E-state index contributed by atoms with van der Waals surface area (Å²) in [5.74, 6) is -0.936. The molecule has 0 aromatic carbocycles. The summed E-state index contributed by atoms with van der Waals surface area (Å²) in [6, 6.07) is 1.55. The highest BCUT2D eigenvalue weighted by Crippen LogP contribution is 2.29. The predicted octanol–water partition coefficient (Wildman–Crippen LogP) is 1.41. The minimum absolute atomic E-state index is 0.140. The molecule has 1 aromatic heterocycles. The van der Waals surface area contributed by atoms with Gasteiger partial charge in [-0.15, -0.1) is 0 Å². The Bertz CT molecular complexity index is 413. The highest BCUT2D eigenvalue weighted by Gasteiger charge is 2.19. The number of carbonyl (C=O) groups excluding carboxylic acids is 1. The van der Waals surface area contributed by atoms with Crippen LogP contribution in [0.4, 0.5) is 8.78 Å². The van der Waals surface area contributed by atoms with Crippen molar-refractivity contribution in [2.45, 2.75) is 6.43 Å². The monoisotopic (exact) mass is 198 g/mol. The molecule has 0 amide bonds. The van der Waals surface area contributed by atoms with E-state index in [1.165, 1.54) is 0 Å². The summed E-state index contributed by atoms with van der Waals surface area (Å²) in [5.41, 5.74) is -1.59. The number of halogens is 2. The van der Waals surface area contributed by atoms with Crippen LogP contribution in [0, 0.1) is 11.3 Å². The van der Waals surface area contributed by atoms with E-state index in [1.807, 2.05) is 0 Å². The molecule has 1 rings (SSSR count). The Balaban J connectivity index is 3.44. The largest absolute Gasteiger partial charge is 0.505 e. The first-order chi connectivity index (χ1) is 6.61. The van der Waals surface area contributed by atoms with Crippen LogP contribution in [0.25, 0.3) is 0 Å². The van der Waals surface area contributed by atoms with E-state index in [1.54, 1.807) is 6.07 Å². The van der Waals surface area contributed by atoms with Crippen LogP contribution in [-0.4, -0.2) is 16.4 Å². The summed E-state index contributed by atoms with van der Waals surface area (Å²) in [5, 5.41) is 17.6. The van der Waals surface area contributed by atoms with E-state index in [9.17, 15) is 13.6 Å². The third-order valence-electron chi connectivity index (χ3n) is 1.57. The molecule has 0 unspecified atom stereocenters. The van der Waals surface area contributed by atoms with Crippen molar-refractivity contribution in [3.05, 3.63) is 23.0 Å². The second kappa shape index (κ2) is 3.79. The summed E-state index contributed by atoms with van der Waals surface area (Å²) in [4.78, 5) is 13.6. The lowest BCUT2D eigenvalue weighted by Crippen LogP contribution is -1.97. The van der Waals surface area contributed by atoms with E-state index < -0.39 is 23.4 Å². The second-order valence-electron chi connectivity index (χ2n) is 2.35. The Kier molecular flexibility index (Phi) is 2.72. The van der Waals surface area contributed by atoms with Crippen molar-refractivity contribution >= 4 is 6.29 Å². The first kappa shape index (κ1) is 10.1. The lowest BCUT2D eigenvalue weighted by molar-refractivity contribution is 0.111. The number of nitriles is 1. The molecule has 14 heavy (non-hydrogen) atoms. The van der Waals surface area contributed by atoms with Crippen LogP contribution in [0.1, 0.15) is 28.0 Å². The van der Waals surface area contributed by atoms with E-state index in [2.05, 4.69) is 4.98 Å². The molecule has 0 saturated carbocycles. The molecule has 0 radical (unpaired) electrons. The van der Waals surface area contributed by atoms with Crippen molar-refractivity contribution in [2.75, 3.05) is 0 Å². The quantitative estimate of drug-likeness (QED) is 0.729. The third-order valence-corrected chi connectivity index (χ3v) is 1.57. The number of carbonyl (C=O) groups is 1. The van der Waals surface area contributed by atoms with Gasteiger partial charge in [0.15, 0.2) is 12.0 Å². The summed E-state index contributed by atoms with van der Waals surface area (Å²) in [6.45, 7) is 0. The molecule has 0 aliphatic carbocycles. The number of pyridine rings is 1. The van der Waals surface area contributed by atoms with Crippen LogP contribution in [0.15, 0.2) is 6.20 Å². The van der Waals surface area contributed by atoms with Crippen molar-refractivity contribution in [2.24, 2.45) is 0 Å². The second-order valence-corrected chi connectivity index (χ2v) is 2.35. The Labute approximate surface area is 77.4 Å². The lowest BCUT2D eigenvalue weighted by Gasteiger charge is -2.04. The van der Waals surface area contributed by atoms with Crippen molar-refractivity contribution in [3.63, 3.8) is 0 Å². The molecule has 0 fully saturated rings. The van der Waals surface area contributed by atoms with Gasteiger partial charge in [-0.05, 0) is 0 Å². The number of alkyl halides is 2. The van der Waals surface area contributed by atoms with Crippen molar-refractivity contribution in [3.8, 4) is 11.8 Å². The predicted molar refractivity (Wildman–Crippen MR) is 41.0 cm³/mol. The van der Waals surface area contributed by atoms with E-state index in [4.69, 9.17) is 10.4 Å². The number of aromatic hydroxyl groups is 1. The molecule has 72 valence electrons. The average Bonchev–Trinajstić information content (AvgIpc) is 2.16. The molecular weight excluding hydrogens is 194 g/mol. The summed E-state index contributed by atoms with van der Waals surface area (Å²) in [7, 11) is 0. The fourth-order valence-corrected chi connectivity index (χ4v) is 0.898. The van der Waals surface area contributed by atoms with Crippen molar-refractivity contribution < 1.29 is 18.7 Å². The van der Waals surface area contributed by atoms with Crippen molar-refractivity contribution in [1.82, 2.24) is 4.98 Å². The minimum Gasteiger partial charge on any atom is -0.505 e. The highest BCUT2D eigenvalue weighted by molar-refractivity contribution is 5.83. The first-order valence-corrected chi connectivity index (χ1v) is 3.47. The standard InChI is InChI=1S/C8H4F2N2O2/c9-8(10)6-7(14)5(3-13)4(1-11)2-12-6/h2-3,8,14H. The van der Waals surface area contributed by atoms with E-state index >= 15 is 0 Å². The number of hydrogen-bond donors (Lipinski definition) is 1. The van der Waals surface area contributed by atoms with E-state index in [0.717, 1.165) is 6.20 Å². The summed E-state index contributed by atoms with van der Waals surface area (Å²) >= 11 is 0. The molecule has 0 aliphatic rings. The average molecular weight is 198 g/mol. The first-order valence-electron chi connectivity index (χ1n) is 3.47. The number of rotatable bonds is 2. The Hall–Kier alpha value is -2.03. The SMILES string of the molecule is N#Cc1cnc(C(F)F)c(O)c1C=O.